The van der Waals surface area contributed by atoms with E-state index < -0.39 is 0 Å². The lowest BCUT2D eigenvalue weighted by Crippen LogP contribution is -2.41. The van der Waals surface area contributed by atoms with Crippen molar-refractivity contribution in [3.05, 3.63) is 0 Å². The number of aliphatic imine (C=N–C) groups is 1. The van der Waals surface area contributed by atoms with Crippen molar-refractivity contribution in [2.45, 2.75) is 32.6 Å². The number of halogens is 1. The van der Waals surface area contributed by atoms with E-state index in [1.165, 1.54) is 0 Å². The van der Waals surface area contributed by atoms with E-state index in [4.69, 9.17) is 9.47 Å². The van der Waals surface area contributed by atoms with E-state index in [1.807, 2.05) is 6.92 Å². The van der Waals surface area contributed by atoms with Gasteiger partial charge in [-0.3, -0.25) is 9.79 Å². The Kier molecular flexibility index (Phi) is 12.2. The molecule has 0 bridgehead atoms. The summed E-state index contributed by atoms with van der Waals surface area (Å²) in [6, 6.07) is 0. The number of hydrogen-bond donors (Lipinski definition) is 3. The van der Waals surface area contributed by atoms with Crippen LogP contribution in [0.5, 0.6) is 0 Å². The van der Waals surface area contributed by atoms with Crippen LogP contribution in [-0.4, -0.2) is 64.5 Å². The molecule has 1 saturated carbocycles. The van der Waals surface area contributed by atoms with Gasteiger partial charge in [0.2, 0.25) is 5.91 Å². The normalized spacial score (nSPS) is 20.0. The minimum absolute atomic E-state index is 0. The summed E-state index contributed by atoms with van der Waals surface area (Å²) >= 11 is 0. The van der Waals surface area contributed by atoms with Gasteiger partial charge >= 0.3 is 0 Å². The van der Waals surface area contributed by atoms with Crippen molar-refractivity contribution in [3.8, 4) is 0 Å². The minimum Gasteiger partial charge on any atom is -0.381 e. The highest BCUT2D eigenvalue weighted by atomic mass is 127. The number of rotatable bonds is 11. The van der Waals surface area contributed by atoms with Crippen molar-refractivity contribution in [1.82, 2.24) is 16.0 Å². The van der Waals surface area contributed by atoms with Crippen molar-refractivity contribution in [2.75, 3.05) is 52.6 Å². The molecule has 1 unspecified atom stereocenters. The number of hydrogen-bond acceptors (Lipinski definition) is 4. The molecule has 0 spiro atoms. The molecule has 1 atom stereocenters. The number of ether oxygens (including phenoxy) is 2. The van der Waals surface area contributed by atoms with Gasteiger partial charge in [-0.2, -0.15) is 0 Å². The van der Waals surface area contributed by atoms with E-state index in [2.05, 4.69) is 20.9 Å². The Labute approximate surface area is 168 Å². The predicted molar refractivity (Wildman–Crippen MR) is 109 cm³/mol. The quantitative estimate of drug-likeness (QED) is 0.183. The summed E-state index contributed by atoms with van der Waals surface area (Å²) in [5.41, 5.74) is 0. The van der Waals surface area contributed by atoms with Crippen LogP contribution in [0.15, 0.2) is 4.99 Å². The molecule has 1 saturated heterocycles. The molecule has 2 aliphatic rings. The van der Waals surface area contributed by atoms with E-state index in [1.54, 1.807) is 0 Å². The first-order valence-corrected chi connectivity index (χ1v) is 9.25. The number of guanidine groups is 1. The van der Waals surface area contributed by atoms with E-state index in [0.717, 1.165) is 71.2 Å². The fraction of sp³-hybridized carbons (Fsp3) is 0.882. The molecular formula is C17H33IN4O3. The zero-order valence-electron chi connectivity index (χ0n) is 15.2. The average Bonchev–Trinajstić information content (AvgIpc) is 3.31. The molecule has 8 heteroatoms. The second-order valence-electron chi connectivity index (χ2n) is 6.41. The van der Waals surface area contributed by atoms with Crippen molar-refractivity contribution in [1.29, 1.82) is 0 Å². The lowest BCUT2D eigenvalue weighted by Gasteiger charge is -2.12. The van der Waals surface area contributed by atoms with Crippen LogP contribution in [0.1, 0.15) is 32.6 Å². The number of nitrogens with zero attached hydrogens (tertiary/aromatic N) is 1. The zero-order valence-corrected chi connectivity index (χ0v) is 17.6. The lowest BCUT2D eigenvalue weighted by molar-refractivity contribution is -0.122. The summed E-state index contributed by atoms with van der Waals surface area (Å²) in [6.45, 7) is 8.14. The fourth-order valence-electron chi connectivity index (χ4n) is 2.52. The Morgan fingerprint density at radius 1 is 1.20 bits per heavy atom. The third-order valence-corrected chi connectivity index (χ3v) is 4.10. The number of nitrogens with one attached hydrogen (secondary N) is 3. The molecule has 2 fully saturated rings. The van der Waals surface area contributed by atoms with Gasteiger partial charge in [0.1, 0.15) is 0 Å². The molecule has 0 radical (unpaired) electrons. The molecule has 1 heterocycles. The van der Waals surface area contributed by atoms with Gasteiger partial charge in [0, 0.05) is 51.2 Å². The summed E-state index contributed by atoms with van der Waals surface area (Å²) in [4.78, 5) is 16.1. The summed E-state index contributed by atoms with van der Waals surface area (Å²) in [6.07, 6.45) is 4.10. The molecule has 1 aliphatic heterocycles. The van der Waals surface area contributed by atoms with Crippen molar-refractivity contribution in [2.24, 2.45) is 16.8 Å². The first-order valence-electron chi connectivity index (χ1n) is 9.25. The molecule has 3 N–H and O–H groups in total. The van der Waals surface area contributed by atoms with Gasteiger partial charge in [0.25, 0.3) is 0 Å². The van der Waals surface area contributed by atoms with Gasteiger partial charge in [-0.25, -0.2) is 0 Å². The molecule has 0 aromatic heterocycles. The van der Waals surface area contributed by atoms with E-state index in [-0.39, 0.29) is 35.8 Å². The highest BCUT2D eigenvalue weighted by Crippen LogP contribution is 2.28. The number of amides is 1. The Hall–Kier alpha value is -0.610. The van der Waals surface area contributed by atoms with Crippen LogP contribution >= 0.6 is 24.0 Å². The summed E-state index contributed by atoms with van der Waals surface area (Å²) in [5.74, 6) is 1.81. The Morgan fingerprint density at radius 2 is 2.00 bits per heavy atom. The standard InChI is InChI=1S/C17H32N4O3.HI/c1-2-18-17(21-9-8-19-16(22)15-4-5-15)20-7-3-10-23-12-14-6-11-24-13-14;/h14-15H,2-13H2,1H3,(H,19,22)(H2,18,20,21);1H. The highest BCUT2D eigenvalue weighted by molar-refractivity contribution is 14.0. The topological polar surface area (TPSA) is 84.0 Å². The summed E-state index contributed by atoms with van der Waals surface area (Å²) in [5, 5.41) is 9.39. The van der Waals surface area contributed by atoms with Gasteiger partial charge in [-0.15, -0.1) is 24.0 Å². The van der Waals surface area contributed by atoms with Crippen LogP contribution in [-0.2, 0) is 14.3 Å². The van der Waals surface area contributed by atoms with Crippen LogP contribution in [0, 0.1) is 11.8 Å². The Balaban J connectivity index is 0.00000312. The van der Waals surface area contributed by atoms with E-state index in [9.17, 15) is 4.79 Å². The minimum atomic E-state index is 0. The summed E-state index contributed by atoms with van der Waals surface area (Å²) < 4.78 is 11.0. The number of carbonyl (C=O) groups excluding carboxylic acids is 1. The van der Waals surface area contributed by atoms with Gasteiger partial charge in [-0.1, -0.05) is 0 Å². The highest BCUT2D eigenvalue weighted by Gasteiger charge is 2.28. The third kappa shape index (κ3) is 10.2. The van der Waals surface area contributed by atoms with Crippen LogP contribution < -0.4 is 16.0 Å². The van der Waals surface area contributed by atoms with Crippen LogP contribution in [0.25, 0.3) is 0 Å². The summed E-state index contributed by atoms with van der Waals surface area (Å²) in [7, 11) is 0. The van der Waals surface area contributed by atoms with Gasteiger partial charge in [-0.05, 0) is 32.6 Å². The second-order valence-corrected chi connectivity index (χ2v) is 6.41. The van der Waals surface area contributed by atoms with Gasteiger partial charge in [0.15, 0.2) is 5.96 Å². The third-order valence-electron chi connectivity index (χ3n) is 4.10. The van der Waals surface area contributed by atoms with E-state index >= 15 is 0 Å². The maximum atomic E-state index is 11.5. The molecule has 0 aromatic rings. The first-order chi connectivity index (χ1) is 11.8. The molecule has 2 rings (SSSR count). The molecular weight excluding hydrogens is 435 g/mol. The van der Waals surface area contributed by atoms with Crippen LogP contribution in [0.2, 0.25) is 0 Å². The largest absolute Gasteiger partial charge is 0.381 e. The van der Waals surface area contributed by atoms with Gasteiger partial charge in [0.05, 0.1) is 13.2 Å². The Bertz CT molecular complexity index is 399. The smallest absolute Gasteiger partial charge is 0.223 e. The predicted octanol–water partition coefficient (Wildman–Crippen LogP) is 1.13. The SMILES string of the molecule is CCNC(=NCCCOCC1CCOC1)NCCNC(=O)C1CC1.I. The molecule has 1 aliphatic carbocycles. The molecule has 0 aromatic carbocycles. The maximum Gasteiger partial charge on any atom is 0.223 e. The number of carbonyl (C=O) groups is 1. The molecule has 1 amide bonds. The van der Waals surface area contributed by atoms with Crippen molar-refractivity contribution in [3.63, 3.8) is 0 Å². The maximum absolute atomic E-state index is 11.5. The molecule has 146 valence electrons. The van der Waals surface area contributed by atoms with Crippen molar-refractivity contribution >= 4 is 35.8 Å². The molecule has 7 nitrogen and oxygen atoms in total. The second kappa shape index (κ2) is 13.6. The van der Waals surface area contributed by atoms with Crippen LogP contribution in [0.3, 0.4) is 0 Å². The Morgan fingerprint density at radius 3 is 2.68 bits per heavy atom. The van der Waals surface area contributed by atoms with Crippen molar-refractivity contribution < 1.29 is 14.3 Å². The van der Waals surface area contributed by atoms with E-state index in [0.29, 0.717) is 19.0 Å². The first kappa shape index (κ1) is 22.4. The monoisotopic (exact) mass is 468 g/mol. The van der Waals surface area contributed by atoms with Gasteiger partial charge < -0.3 is 25.4 Å². The average molecular weight is 468 g/mol. The zero-order chi connectivity index (χ0) is 17.0. The van der Waals surface area contributed by atoms with Crippen LogP contribution in [0.4, 0.5) is 0 Å². The molecule has 25 heavy (non-hydrogen) atoms. The fourth-order valence-corrected chi connectivity index (χ4v) is 2.52. The lowest BCUT2D eigenvalue weighted by atomic mass is 10.1.